The van der Waals surface area contributed by atoms with Gasteiger partial charge in [-0.1, -0.05) is 52.5 Å². The van der Waals surface area contributed by atoms with Gasteiger partial charge in [0.1, 0.15) is 0 Å². The van der Waals surface area contributed by atoms with Crippen LogP contribution in [0.25, 0.3) is 0 Å². The molecule has 1 aromatic carbocycles. The van der Waals surface area contributed by atoms with Gasteiger partial charge in [0.15, 0.2) is 0 Å². The van der Waals surface area contributed by atoms with Gasteiger partial charge in [0, 0.05) is 5.56 Å². The Bertz CT molecular complexity index is 528. The SMILES string of the molecule is Cc1cc(C)cc(C(N)c2cc(Cl)sc2Cl)c1. The summed E-state index contributed by atoms with van der Waals surface area (Å²) < 4.78 is 1.34. The molecular formula is C13H13Cl2NS. The molecule has 0 fully saturated rings. The summed E-state index contributed by atoms with van der Waals surface area (Å²) >= 11 is 13.4. The fourth-order valence-electron chi connectivity index (χ4n) is 1.93. The highest BCUT2D eigenvalue weighted by Crippen LogP contribution is 2.36. The molecule has 1 aromatic heterocycles. The summed E-state index contributed by atoms with van der Waals surface area (Å²) in [6.45, 7) is 4.12. The third-order valence-electron chi connectivity index (χ3n) is 2.62. The molecule has 90 valence electrons. The first-order valence-corrected chi connectivity index (χ1v) is 6.83. The number of halogens is 2. The number of benzene rings is 1. The molecule has 2 N–H and O–H groups in total. The first kappa shape index (κ1) is 12.9. The van der Waals surface area contributed by atoms with Gasteiger partial charge in [-0.05, 0) is 25.5 Å². The van der Waals surface area contributed by atoms with Crippen LogP contribution in [0.4, 0.5) is 0 Å². The highest BCUT2D eigenvalue weighted by molar-refractivity contribution is 7.20. The lowest BCUT2D eigenvalue weighted by Crippen LogP contribution is -2.11. The normalized spacial score (nSPS) is 12.8. The molecule has 0 saturated carbocycles. The molecule has 0 spiro atoms. The minimum absolute atomic E-state index is 0.218. The van der Waals surface area contributed by atoms with Crippen molar-refractivity contribution in [3.8, 4) is 0 Å². The van der Waals surface area contributed by atoms with Crippen LogP contribution in [-0.2, 0) is 0 Å². The minimum atomic E-state index is -0.218. The monoisotopic (exact) mass is 285 g/mol. The average molecular weight is 286 g/mol. The average Bonchev–Trinajstić information content (AvgIpc) is 2.55. The number of hydrogen-bond acceptors (Lipinski definition) is 2. The van der Waals surface area contributed by atoms with Crippen molar-refractivity contribution in [2.45, 2.75) is 19.9 Å². The van der Waals surface area contributed by atoms with Gasteiger partial charge in [-0.15, -0.1) is 11.3 Å². The van der Waals surface area contributed by atoms with E-state index in [9.17, 15) is 0 Å². The second-order valence-corrected chi connectivity index (χ2v) is 6.46. The highest BCUT2D eigenvalue weighted by Gasteiger charge is 2.16. The molecule has 0 aliphatic rings. The summed E-state index contributed by atoms with van der Waals surface area (Å²) in [5.41, 5.74) is 10.6. The molecule has 1 heterocycles. The Morgan fingerprint density at radius 3 is 2.12 bits per heavy atom. The van der Waals surface area contributed by atoms with Gasteiger partial charge >= 0.3 is 0 Å². The molecule has 0 aliphatic carbocycles. The quantitative estimate of drug-likeness (QED) is 0.849. The van der Waals surface area contributed by atoms with Gasteiger partial charge in [0.25, 0.3) is 0 Å². The lowest BCUT2D eigenvalue weighted by atomic mass is 9.98. The Balaban J connectivity index is 2.43. The second kappa shape index (κ2) is 4.99. The van der Waals surface area contributed by atoms with Crippen LogP contribution < -0.4 is 5.73 Å². The van der Waals surface area contributed by atoms with Gasteiger partial charge in [-0.3, -0.25) is 0 Å². The maximum Gasteiger partial charge on any atom is 0.0995 e. The summed E-state index contributed by atoms with van der Waals surface area (Å²) in [5, 5.41) is 0. The Kier molecular flexibility index (Phi) is 3.79. The van der Waals surface area contributed by atoms with Crippen molar-refractivity contribution in [3.63, 3.8) is 0 Å². The number of rotatable bonds is 2. The van der Waals surface area contributed by atoms with Crippen LogP contribution in [0.15, 0.2) is 24.3 Å². The molecule has 2 rings (SSSR count). The van der Waals surface area contributed by atoms with Crippen LogP contribution in [0.5, 0.6) is 0 Å². The van der Waals surface area contributed by atoms with Gasteiger partial charge in [-0.2, -0.15) is 0 Å². The van der Waals surface area contributed by atoms with Crippen molar-refractivity contribution in [1.29, 1.82) is 0 Å². The molecular weight excluding hydrogens is 273 g/mol. The first-order valence-electron chi connectivity index (χ1n) is 5.26. The molecule has 0 bridgehead atoms. The Morgan fingerprint density at radius 1 is 1.06 bits per heavy atom. The predicted octanol–water partition coefficient (Wildman–Crippen LogP) is 4.72. The Labute approximate surface area is 115 Å². The lowest BCUT2D eigenvalue weighted by molar-refractivity contribution is 0.873. The van der Waals surface area contributed by atoms with E-state index < -0.39 is 0 Å². The van der Waals surface area contributed by atoms with E-state index in [0.29, 0.717) is 8.67 Å². The predicted molar refractivity (Wildman–Crippen MR) is 76.3 cm³/mol. The lowest BCUT2D eigenvalue weighted by Gasteiger charge is -2.13. The van der Waals surface area contributed by atoms with Gasteiger partial charge in [0.2, 0.25) is 0 Å². The molecule has 17 heavy (non-hydrogen) atoms. The summed E-state index contributed by atoms with van der Waals surface area (Å²) in [6, 6.07) is 7.92. The van der Waals surface area contributed by atoms with Crippen LogP contribution in [0, 0.1) is 13.8 Å². The minimum Gasteiger partial charge on any atom is -0.320 e. The third kappa shape index (κ3) is 2.83. The molecule has 1 atom stereocenters. The number of nitrogens with two attached hydrogens (primary N) is 1. The smallest absolute Gasteiger partial charge is 0.0995 e. The topological polar surface area (TPSA) is 26.0 Å². The molecule has 1 nitrogen and oxygen atoms in total. The molecule has 2 aromatic rings. The van der Waals surface area contributed by atoms with Crippen molar-refractivity contribution in [2.75, 3.05) is 0 Å². The highest BCUT2D eigenvalue weighted by atomic mass is 35.5. The van der Waals surface area contributed by atoms with Crippen LogP contribution in [0.2, 0.25) is 8.67 Å². The zero-order valence-corrected chi connectivity index (χ0v) is 12.0. The fourth-order valence-corrected chi connectivity index (χ4v) is 3.48. The first-order chi connectivity index (χ1) is 7.97. The van der Waals surface area contributed by atoms with E-state index in [0.717, 1.165) is 11.1 Å². The molecule has 0 aliphatic heterocycles. The summed E-state index contributed by atoms with van der Waals surface area (Å²) in [6.07, 6.45) is 0. The fraction of sp³-hybridized carbons (Fsp3) is 0.231. The third-order valence-corrected chi connectivity index (χ3v) is 4.14. The molecule has 0 amide bonds. The molecule has 4 heteroatoms. The van der Waals surface area contributed by atoms with Gasteiger partial charge < -0.3 is 5.73 Å². The zero-order chi connectivity index (χ0) is 12.6. The number of thiophene rings is 1. The van der Waals surface area contributed by atoms with Gasteiger partial charge in [0.05, 0.1) is 14.7 Å². The van der Waals surface area contributed by atoms with Crippen molar-refractivity contribution >= 4 is 34.5 Å². The zero-order valence-electron chi connectivity index (χ0n) is 9.63. The Morgan fingerprint density at radius 2 is 1.65 bits per heavy atom. The van der Waals surface area contributed by atoms with Crippen molar-refractivity contribution in [2.24, 2.45) is 5.73 Å². The van der Waals surface area contributed by atoms with Crippen LogP contribution in [0.3, 0.4) is 0 Å². The van der Waals surface area contributed by atoms with Gasteiger partial charge in [-0.25, -0.2) is 0 Å². The summed E-state index contributed by atoms with van der Waals surface area (Å²) in [7, 11) is 0. The van der Waals surface area contributed by atoms with E-state index in [-0.39, 0.29) is 6.04 Å². The van der Waals surface area contributed by atoms with E-state index >= 15 is 0 Å². The van der Waals surface area contributed by atoms with Crippen molar-refractivity contribution in [3.05, 3.63) is 55.2 Å². The van der Waals surface area contributed by atoms with Crippen molar-refractivity contribution < 1.29 is 0 Å². The van der Waals surface area contributed by atoms with Crippen LogP contribution >= 0.6 is 34.5 Å². The largest absolute Gasteiger partial charge is 0.320 e. The number of hydrogen-bond donors (Lipinski definition) is 1. The standard InChI is InChI=1S/C13H13Cl2NS/c1-7-3-8(2)5-9(4-7)12(16)10-6-11(14)17-13(10)15/h3-6,12H,16H2,1-2H3. The summed E-state index contributed by atoms with van der Waals surface area (Å²) in [5.74, 6) is 0. The van der Waals surface area contributed by atoms with E-state index in [1.807, 2.05) is 6.07 Å². The van der Waals surface area contributed by atoms with Crippen LogP contribution in [0.1, 0.15) is 28.3 Å². The summed E-state index contributed by atoms with van der Waals surface area (Å²) in [4.78, 5) is 0. The maximum absolute atomic E-state index is 6.23. The molecule has 1 unspecified atom stereocenters. The van der Waals surface area contributed by atoms with Crippen molar-refractivity contribution in [1.82, 2.24) is 0 Å². The maximum atomic E-state index is 6.23. The van der Waals surface area contributed by atoms with E-state index in [2.05, 4.69) is 32.0 Å². The molecule has 0 saturated heterocycles. The van der Waals surface area contributed by atoms with Crippen LogP contribution in [-0.4, -0.2) is 0 Å². The number of aryl methyl sites for hydroxylation is 2. The Hall–Kier alpha value is -0.540. The van der Waals surface area contributed by atoms with E-state index in [4.69, 9.17) is 28.9 Å². The molecule has 0 radical (unpaired) electrons. The van der Waals surface area contributed by atoms with E-state index in [1.54, 1.807) is 0 Å². The second-order valence-electron chi connectivity index (χ2n) is 4.18. The van der Waals surface area contributed by atoms with E-state index in [1.165, 1.54) is 22.5 Å².